The highest BCUT2D eigenvalue weighted by Gasteiger charge is 2.27. The van der Waals surface area contributed by atoms with Crippen molar-refractivity contribution in [3.05, 3.63) is 71.0 Å². The normalized spacial score (nSPS) is 18.9. The van der Waals surface area contributed by atoms with Crippen LogP contribution in [0, 0.1) is 5.82 Å². The molecule has 0 spiro atoms. The molecule has 0 radical (unpaired) electrons. The van der Waals surface area contributed by atoms with Crippen molar-refractivity contribution in [2.24, 2.45) is 5.73 Å². The van der Waals surface area contributed by atoms with Crippen LogP contribution < -0.4 is 5.73 Å². The summed E-state index contributed by atoms with van der Waals surface area (Å²) in [5.74, 6) is 0.316. The van der Waals surface area contributed by atoms with Crippen LogP contribution in [-0.4, -0.2) is 0 Å². The van der Waals surface area contributed by atoms with Gasteiger partial charge in [-0.15, -0.1) is 0 Å². The Morgan fingerprint density at radius 2 is 2.00 bits per heavy atom. The third-order valence-corrected chi connectivity index (χ3v) is 3.78. The molecule has 0 bridgehead atoms. The number of rotatable bonds is 3. The summed E-state index contributed by atoms with van der Waals surface area (Å²) >= 11 is 0. The third-order valence-electron chi connectivity index (χ3n) is 3.78. The quantitative estimate of drug-likeness (QED) is 0.873. The van der Waals surface area contributed by atoms with E-state index in [-0.39, 0.29) is 11.9 Å². The second-order valence-electron chi connectivity index (χ2n) is 5.00. The van der Waals surface area contributed by atoms with Gasteiger partial charge in [0, 0.05) is 6.04 Å². The zero-order valence-electron chi connectivity index (χ0n) is 10.1. The summed E-state index contributed by atoms with van der Waals surface area (Å²) in [6.07, 6.45) is 1.99. The standard InChI is InChI=1S/C16H16FN/c17-14-6-3-5-12(9-14)16(18)10-13-8-11-4-1-2-7-15(11)13/h1-7,9,13,16H,8,10,18H2. The van der Waals surface area contributed by atoms with Gasteiger partial charge in [0.2, 0.25) is 0 Å². The van der Waals surface area contributed by atoms with E-state index in [1.165, 1.54) is 23.3 Å². The lowest BCUT2D eigenvalue weighted by atomic mass is 9.74. The van der Waals surface area contributed by atoms with Crippen molar-refractivity contribution in [1.29, 1.82) is 0 Å². The Morgan fingerprint density at radius 1 is 1.17 bits per heavy atom. The molecular formula is C16H16FN. The lowest BCUT2D eigenvalue weighted by molar-refractivity contribution is 0.496. The summed E-state index contributed by atoms with van der Waals surface area (Å²) in [5.41, 5.74) is 9.88. The Labute approximate surface area is 106 Å². The van der Waals surface area contributed by atoms with Gasteiger partial charge in [-0.1, -0.05) is 36.4 Å². The summed E-state index contributed by atoms with van der Waals surface area (Å²) in [6, 6.07) is 15.0. The maximum absolute atomic E-state index is 13.1. The lowest BCUT2D eigenvalue weighted by Crippen LogP contribution is -2.22. The molecule has 0 heterocycles. The molecule has 1 nitrogen and oxygen atoms in total. The van der Waals surface area contributed by atoms with Gasteiger partial charge in [0.1, 0.15) is 5.82 Å². The summed E-state index contributed by atoms with van der Waals surface area (Å²) in [7, 11) is 0. The van der Waals surface area contributed by atoms with Crippen molar-refractivity contribution >= 4 is 0 Å². The van der Waals surface area contributed by atoms with E-state index in [1.54, 1.807) is 6.07 Å². The van der Waals surface area contributed by atoms with Gasteiger partial charge in [0.15, 0.2) is 0 Å². The molecule has 2 aromatic carbocycles. The summed E-state index contributed by atoms with van der Waals surface area (Å²) in [6.45, 7) is 0. The van der Waals surface area contributed by atoms with Crippen molar-refractivity contribution in [3.8, 4) is 0 Å². The van der Waals surface area contributed by atoms with E-state index < -0.39 is 0 Å². The molecule has 3 rings (SSSR count). The summed E-state index contributed by atoms with van der Waals surface area (Å²) in [4.78, 5) is 0. The first-order valence-electron chi connectivity index (χ1n) is 6.33. The fourth-order valence-corrected chi connectivity index (χ4v) is 2.75. The highest BCUT2D eigenvalue weighted by molar-refractivity contribution is 5.40. The van der Waals surface area contributed by atoms with Crippen LogP contribution in [0.5, 0.6) is 0 Å². The molecule has 0 saturated heterocycles. The number of hydrogen-bond acceptors (Lipinski definition) is 1. The smallest absolute Gasteiger partial charge is 0.123 e. The fourth-order valence-electron chi connectivity index (χ4n) is 2.75. The van der Waals surface area contributed by atoms with Crippen molar-refractivity contribution in [3.63, 3.8) is 0 Å². The van der Waals surface area contributed by atoms with Crippen LogP contribution in [-0.2, 0) is 6.42 Å². The van der Waals surface area contributed by atoms with Crippen molar-refractivity contribution < 1.29 is 4.39 Å². The summed E-state index contributed by atoms with van der Waals surface area (Å²) in [5, 5.41) is 0. The van der Waals surface area contributed by atoms with Crippen LogP contribution in [0.15, 0.2) is 48.5 Å². The predicted molar refractivity (Wildman–Crippen MR) is 70.8 cm³/mol. The van der Waals surface area contributed by atoms with Crippen LogP contribution in [0.1, 0.15) is 35.1 Å². The predicted octanol–water partition coefficient (Wildman–Crippen LogP) is 3.56. The molecule has 92 valence electrons. The Hall–Kier alpha value is -1.67. The average molecular weight is 241 g/mol. The maximum Gasteiger partial charge on any atom is 0.123 e. The van der Waals surface area contributed by atoms with Crippen LogP contribution in [0.2, 0.25) is 0 Å². The lowest BCUT2D eigenvalue weighted by Gasteiger charge is -2.32. The number of hydrogen-bond donors (Lipinski definition) is 1. The first kappa shape index (κ1) is 11.4. The number of fused-ring (bicyclic) bond motifs is 1. The molecule has 0 aliphatic heterocycles. The molecule has 18 heavy (non-hydrogen) atoms. The van der Waals surface area contributed by atoms with Gasteiger partial charge in [-0.2, -0.15) is 0 Å². The Morgan fingerprint density at radius 3 is 2.78 bits per heavy atom. The minimum Gasteiger partial charge on any atom is -0.324 e. The second-order valence-corrected chi connectivity index (χ2v) is 5.00. The Balaban J connectivity index is 1.72. The second kappa shape index (κ2) is 4.54. The minimum absolute atomic E-state index is 0.0842. The van der Waals surface area contributed by atoms with Gasteiger partial charge in [-0.25, -0.2) is 4.39 Å². The topological polar surface area (TPSA) is 26.0 Å². The zero-order chi connectivity index (χ0) is 12.5. The van der Waals surface area contributed by atoms with E-state index in [9.17, 15) is 4.39 Å². The first-order chi connectivity index (χ1) is 8.74. The molecule has 2 heteroatoms. The van der Waals surface area contributed by atoms with Gasteiger partial charge in [-0.05, 0) is 47.6 Å². The van der Waals surface area contributed by atoms with Gasteiger partial charge in [0.05, 0.1) is 0 Å². The van der Waals surface area contributed by atoms with Gasteiger partial charge in [-0.3, -0.25) is 0 Å². The Bertz CT molecular complexity index is 565. The van der Waals surface area contributed by atoms with E-state index in [0.717, 1.165) is 18.4 Å². The molecule has 0 aromatic heterocycles. The molecule has 0 saturated carbocycles. The fraction of sp³-hybridized carbons (Fsp3) is 0.250. The maximum atomic E-state index is 13.1. The molecule has 2 unspecified atom stereocenters. The van der Waals surface area contributed by atoms with Crippen LogP contribution in [0.25, 0.3) is 0 Å². The van der Waals surface area contributed by atoms with Crippen LogP contribution >= 0.6 is 0 Å². The molecule has 0 amide bonds. The summed E-state index contributed by atoms with van der Waals surface area (Å²) < 4.78 is 13.1. The highest BCUT2D eigenvalue weighted by atomic mass is 19.1. The van der Waals surface area contributed by atoms with Gasteiger partial charge >= 0.3 is 0 Å². The molecule has 0 fully saturated rings. The van der Waals surface area contributed by atoms with Gasteiger partial charge < -0.3 is 5.73 Å². The van der Waals surface area contributed by atoms with Crippen molar-refractivity contribution in [2.75, 3.05) is 0 Å². The van der Waals surface area contributed by atoms with E-state index in [1.807, 2.05) is 6.07 Å². The van der Waals surface area contributed by atoms with E-state index >= 15 is 0 Å². The molecule has 2 aromatic rings. The average Bonchev–Trinajstić information content (AvgIpc) is 2.36. The minimum atomic E-state index is -0.211. The first-order valence-corrected chi connectivity index (χ1v) is 6.33. The largest absolute Gasteiger partial charge is 0.324 e. The third kappa shape index (κ3) is 2.04. The number of nitrogens with two attached hydrogens (primary N) is 1. The molecule has 1 aliphatic carbocycles. The molecule has 2 atom stereocenters. The van der Waals surface area contributed by atoms with E-state index in [2.05, 4.69) is 24.3 Å². The molecule has 2 N–H and O–H groups in total. The number of benzene rings is 2. The Kier molecular flexibility index (Phi) is 2.88. The monoisotopic (exact) mass is 241 g/mol. The zero-order valence-corrected chi connectivity index (χ0v) is 10.1. The van der Waals surface area contributed by atoms with Gasteiger partial charge in [0.25, 0.3) is 0 Å². The molecule has 1 aliphatic rings. The SMILES string of the molecule is NC(CC1Cc2ccccc21)c1cccc(F)c1. The van der Waals surface area contributed by atoms with E-state index in [4.69, 9.17) is 5.73 Å². The van der Waals surface area contributed by atoms with Crippen LogP contribution in [0.3, 0.4) is 0 Å². The van der Waals surface area contributed by atoms with Crippen LogP contribution in [0.4, 0.5) is 4.39 Å². The van der Waals surface area contributed by atoms with Crippen molar-refractivity contribution in [2.45, 2.75) is 24.8 Å². The molecular weight excluding hydrogens is 225 g/mol. The number of halogens is 1. The highest BCUT2D eigenvalue weighted by Crippen LogP contribution is 2.40. The van der Waals surface area contributed by atoms with E-state index in [0.29, 0.717) is 5.92 Å². The van der Waals surface area contributed by atoms with Crippen molar-refractivity contribution in [1.82, 2.24) is 0 Å².